The zero-order valence-electron chi connectivity index (χ0n) is 24.6. The molecule has 2 aromatic carbocycles. The van der Waals surface area contributed by atoms with Crippen LogP contribution in [0.4, 0.5) is 17.2 Å². The minimum Gasteiger partial charge on any atom is -0.494 e. The molecule has 3 aromatic rings. The molecule has 226 valence electrons. The van der Waals surface area contributed by atoms with Gasteiger partial charge in [0.25, 0.3) is 5.70 Å². The van der Waals surface area contributed by atoms with Crippen LogP contribution in [0.5, 0.6) is 5.75 Å². The average molecular weight is 586 g/mol. The molecule has 0 atom stereocenters. The molecule has 0 saturated carbocycles. The summed E-state index contributed by atoms with van der Waals surface area (Å²) in [5, 5.41) is 22.9. The van der Waals surface area contributed by atoms with Crippen LogP contribution in [0.25, 0.3) is 16.6 Å². The van der Waals surface area contributed by atoms with Crippen molar-refractivity contribution in [3.8, 4) is 5.75 Å². The maximum atomic E-state index is 11.7. The number of nitrogens with two attached hydrogens (primary N) is 1. The molecule has 0 bridgehead atoms. The molecule has 1 aliphatic rings. The summed E-state index contributed by atoms with van der Waals surface area (Å²) in [4.78, 5) is 28.4. The van der Waals surface area contributed by atoms with Gasteiger partial charge in [0.05, 0.1) is 18.5 Å². The number of carboxylic acids is 2. The molecule has 0 aliphatic carbocycles. The molecule has 2 heterocycles. The second kappa shape index (κ2) is 14.9. The van der Waals surface area contributed by atoms with Crippen molar-refractivity contribution in [2.75, 3.05) is 23.8 Å². The van der Waals surface area contributed by atoms with Crippen molar-refractivity contribution in [1.82, 2.24) is 9.78 Å². The third kappa shape index (κ3) is 7.95. The topological polar surface area (TPSA) is 135 Å². The Morgan fingerprint density at radius 2 is 1.74 bits per heavy atom. The standard InChI is InChI=1S/C33H39N5O5/c1-3-4-5-6-7-8-9-10-19-43-26-14-12-25(13-15-26)37-18-17-24-20-23(11-16-28(24)37)21-27-31(30(35-2)33(41)42)38(22-29(39)40)36-32(27)34/h11-16,20-21H,3-10,17-19,22H2,1H3,(H2,34,36)(H,39,40)(H,41,42). The van der Waals surface area contributed by atoms with Gasteiger partial charge in [0.15, 0.2) is 5.82 Å². The van der Waals surface area contributed by atoms with Crippen LogP contribution in [0.1, 0.15) is 69.4 Å². The number of ether oxygens (including phenoxy) is 1. The van der Waals surface area contributed by atoms with Crippen molar-refractivity contribution in [3.63, 3.8) is 0 Å². The van der Waals surface area contributed by atoms with Gasteiger partial charge in [0, 0.05) is 23.1 Å². The van der Waals surface area contributed by atoms with E-state index in [1.807, 2.05) is 30.3 Å². The van der Waals surface area contributed by atoms with E-state index in [4.69, 9.17) is 17.0 Å². The van der Waals surface area contributed by atoms with Crippen molar-refractivity contribution in [2.45, 2.75) is 71.3 Å². The quantitative estimate of drug-likeness (QED) is 0.173. The van der Waals surface area contributed by atoms with Crippen molar-refractivity contribution < 1.29 is 24.5 Å². The van der Waals surface area contributed by atoms with E-state index in [2.05, 4.69) is 33.9 Å². The fourth-order valence-electron chi connectivity index (χ4n) is 5.43. The van der Waals surface area contributed by atoms with E-state index in [-0.39, 0.29) is 16.4 Å². The van der Waals surface area contributed by atoms with E-state index >= 15 is 0 Å². The fourth-order valence-corrected chi connectivity index (χ4v) is 5.43. The molecule has 0 radical (unpaired) electrons. The van der Waals surface area contributed by atoms with Crippen LogP contribution in [0, 0.1) is 6.57 Å². The summed E-state index contributed by atoms with van der Waals surface area (Å²) in [7, 11) is 0. The first kappa shape index (κ1) is 31.2. The Morgan fingerprint density at radius 3 is 2.40 bits per heavy atom. The zero-order chi connectivity index (χ0) is 30.8. The summed E-state index contributed by atoms with van der Waals surface area (Å²) in [6.45, 7) is 10.5. The normalized spacial score (nSPS) is 13.5. The van der Waals surface area contributed by atoms with Gasteiger partial charge >= 0.3 is 11.9 Å². The van der Waals surface area contributed by atoms with Crippen molar-refractivity contribution in [1.29, 1.82) is 0 Å². The number of rotatable bonds is 15. The summed E-state index contributed by atoms with van der Waals surface area (Å²) >= 11 is 0. The number of benzene rings is 2. The number of anilines is 3. The minimum absolute atomic E-state index is 0.0505. The van der Waals surface area contributed by atoms with Crippen LogP contribution < -0.4 is 25.9 Å². The number of nitrogens with zero attached hydrogens (tertiary/aromatic N) is 4. The Balaban J connectivity index is 1.46. The van der Waals surface area contributed by atoms with E-state index in [9.17, 15) is 19.8 Å². The highest BCUT2D eigenvalue weighted by Crippen LogP contribution is 2.35. The van der Waals surface area contributed by atoms with Gasteiger partial charge in [-0.25, -0.2) is 4.85 Å². The number of nitrogen functional groups attached to an aromatic ring is 1. The summed E-state index contributed by atoms with van der Waals surface area (Å²) < 4.78 is 6.91. The monoisotopic (exact) mass is 585 g/mol. The lowest BCUT2D eigenvalue weighted by atomic mass is 10.1. The number of fused-ring (bicyclic) bond motifs is 1. The van der Waals surface area contributed by atoms with Crippen molar-refractivity contribution in [3.05, 3.63) is 75.6 Å². The Hall–Kier alpha value is -4.78. The molecule has 10 heteroatoms. The summed E-state index contributed by atoms with van der Waals surface area (Å²) in [6.07, 6.45) is 12.6. The number of hydrogen-bond donors (Lipinski definition) is 3. The Kier molecular flexibility index (Phi) is 10.8. The van der Waals surface area contributed by atoms with Crippen LogP contribution in [-0.4, -0.2) is 45.1 Å². The molecule has 10 nitrogen and oxygen atoms in total. The molecule has 0 fully saturated rings. The maximum absolute atomic E-state index is 11.7. The molecule has 0 amide bonds. The number of carboxylic acid groups (broad SMARTS) is 2. The SMILES string of the molecule is [C-]#[N+]C(C(=O)O)=c1c(=Cc2ccc3c(c2)CCN3c2ccc(OCCCCCCCCCC)cc2)c(N)nn1CC(=O)O. The second-order valence-corrected chi connectivity index (χ2v) is 10.7. The smallest absolute Gasteiger partial charge is 0.336 e. The summed E-state index contributed by atoms with van der Waals surface area (Å²) in [5.74, 6) is -1.90. The van der Waals surface area contributed by atoms with E-state index in [1.54, 1.807) is 6.08 Å². The summed E-state index contributed by atoms with van der Waals surface area (Å²) in [6, 6.07) is 14.0. The number of carbonyl (C=O) groups is 2. The molecule has 0 spiro atoms. The Bertz CT molecular complexity index is 1600. The molecule has 0 unspecified atom stereocenters. The highest BCUT2D eigenvalue weighted by molar-refractivity contribution is 6.11. The van der Waals surface area contributed by atoms with Gasteiger partial charge in [-0.2, -0.15) is 5.10 Å². The molecular formula is C33H39N5O5. The van der Waals surface area contributed by atoms with E-state index in [0.29, 0.717) is 0 Å². The largest absolute Gasteiger partial charge is 0.494 e. The third-order valence-corrected chi connectivity index (χ3v) is 7.57. The predicted molar refractivity (Wildman–Crippen MR) is 166 cm³/mol. The number of unbranched alkanes of at least 4 members (excludes halogenated alkanes) is 7. The lowest BCUT2D eigenvalue weighted by Crippen LogP contribution is -2.35. The first-order valence-corrected chi connectivity index (χ1v) is 14.9. The van der Waals surface area contributed by atoms with Crippen LogP contribution in [0.15, 0.2) is 42.5 Å². The number of aliphatic carboxylic acids is 2. The minimum atomic E-state index is -1.48. The molecule has 1 aromatic heterocycles. The van der Waals surface area contributed by atoms with Crippen LogP contribution in [-0.2, 0) is 22.6 Å². The molecule has 0 saturated heterocycles. The van der Waals surface area contributed by atoms with Gasteiger partial charge in [0.2, 0.25) is 0 Å². The van der Waals surface area contributed by atoms with Gasteiger partial charge in [-0.3, -0.25) is 14.3 Å². The Labute approximate surface area is 251 Å². The molecular weight excluding hydrogens is 546 g/mol. The first-order chi connectivity index (χ1) is 20.8. The molecule has 4 rings (SSSR count). The Morgan fingerprint density at radius 1 is 1.05 bits per heavy atom. The predicted octanol–water partition coefficient (Wildman–Crippen LogP) is 4.70. The van der Waals surface area contributed by atoms with E-state index in [0.717, 1.165) is 58.9 Å². The average Bonchev–Trinajstić information content (AvgIpc) is 3.53. The zero-order valence-corrected chi connectivity index (χ0v) is 24.6. The van der Waals surface area contributed by atoms with Gasteiger partial charge < -0.3 is 25.6 Å². The number of hydrogen-bond acceptors (Lipinski definition) is 6. The van der Waals surface area contributed by atoms with E-state index < -0.39 is 24.2 Å². The molecule has 1 aliphatic heterocycles. The lowest BCUT2D eigenvalue weighted by molar-refractivity contribution is -0.138. The van der Waals surface area contributed by atoms with Gasteiger partial charge in [0.1, 0.15) is 12.3 Å². The highest BCUT2D eigenvalue weighted by atomic mass is 16.5. The summed E-state index contributed by atoms with van der Waals surface area (Å²) in [5.41, 5.74) is 9.40. The second-order valence-electron chi connectivity index (χ2n) is 10.7. The van der Waals surface area contributed by atoms with Crippen LogP contribution >= 0.6 is 0 Å². The van der Waals surface area contributed by atoms with Gasteiger partial charge in [-0.05, 0) is 66.4 Å². The van der Waals surface area contributed by atoms with Crippen molar-refractivity contribution in [2.24, 2.45) is 0 Å². The van der Waals surface area contributed by atoms with Crippen LogP contribution in [0.2, 0.25) is 0 Å². The van der Waals surface area contributed by atoms with Gasteiger partial charge in [-0.15, -0.1) is 0 Å². The molecule has 4 N–H and O–H groups in total. The highest BCUT2D eigenvalue weighted by Gasteiger charge is 2.21. The maximum Gasteiger partial charge on any atom is 0.336 e. The van der Waals surface area contributed by atoms with Gasteiger partial charge in [-0.1, -0.05) is 57.9 Å². The third-order valence-electron chi connectivity index (χ3n) is 7.57. The molecule has 43 heavy (non-hydrogen) atoms. The van der Waals surface area contributed by atoms with Crippen LogP contribution in [0.3, 0.4) is 0 Å². The van der Waals surface area contributed by atoms with Crippen molar-refractivity contribution >= 4 is 40.9 Å². The lowest BCUT2D eigenvalue weighted by Gasteiger charge is -2.20. The number of aromatic nitrogens is 2. The van der Waals surface area contributed by atoms with E-state index in [1.165, 1.54) is 44.9 Å². The fraction of sp³-hybridized carbons (Fsp3) is 0.394. The first-order valence-electron chi connectivity index (χ1n) is 14.9.